The molecular formula is C32H27N3. The van der Waals surface area contributed by atoms with E-state index in [1.54, 1.807) is 0 Å². The summed E-state index contributed by atoms with van der Waals surface area (Å²) in [6.07, 6.45) is 0. The molecule has 0 N–H and O–H groups in total. The molecule has 2 aromatic heterocycles. The first-order valence-electron chi connectivity index (χ1n) is 12.2. The third-order valence-corrected chi connectivity index (χ3v) is 6.86. The second kappa shape index (κ2) is 9.28. The highest BCUT2D eigenvalue weighted by Crippen LogP contribution is 2.30. The summed E-state index contributed by atoms with van der Waals surface area (Å²) in [5.74, 6) is 0. The Morgan fingerprint density at radius 1 is 0.543 bits per heavy atom. The summed E-state index contributed by atoms with van der Waals surface area (Å²) in [6, 6.07) is 40.7. The summed E-state index contributed by atoms with van der Waals surface area (Å²) in [6.45, 7) is 3.78. The number of para-hydroxylation sites is 2. The van der Waals surface area contributed by atoms with Gasteiger partial charge in [0, 0.05) is 29.9 Å². The fourth-order valence-electron chi connectivity index (χ4n) is 4.95. The van der Waals surface area contributed by atoms with E-state index in [1.165, 1.54) is 27.1 Å². The lowest BCUT2D eigenvalue weighted by atomic mass is 9.98. The number of aromatic nitrogens is 2. The number of benzene rings is 4. The van der Waals surface area contributed by atoms with Crippen molar-refractivity contribution in [2.75, 3.05) is 0 Å². The Morgan fingerprint density at radius 2 is 1.06 bits per heavy atom. The van der Waals surface area contributed by atoms with E-state index in [2.05, 4.69) is 127 Å². The Morgan fingerprint density at radius 3 is 1.69 bits per heavy atom. The van der Waals surface area contributed by atoms with Crippen molar-refractivity contribution in [3.05, 3.63) is 132 Å². The van der Waals surface area contributed by atoms with E-state index in [1.807, 2.05) is 0 Å². The lowest BCUT2D eigenvalue weighted by molar-refractivity contribution is 0.189. The third-order valence-electron chi connectivity index (χ3n) is 6.86. The Labute approximate surface area is 205 Å². The molecule has 6 aromatic rings. The van der Waals surface area contributed by atoms with Crippen LogP contribution in [-0.2, 0) is 13.1 Å². The first kappa shape index (κ1) is 21.5. The van der Waals surface area contributed by atoms with Gasteiger partial charge in [-0.25, -0.2) is 0 Å². The van der Waals surface area contributed by atoms with Gasteiger partial charge < -0.3 is 0 Å². The molecule has 0 amide bonds. The molecule has 4 aromatic carbocycles. The molecule has 0 spiro atoms. The third kappa shape index (κ3) is 4.39. The monoisotopic (exact) mass is 453 g/mol. The molecule has 170 valence electrons. The molecule has 3 heteroatoms. The largest absolute Gasteiger partial charge is 0.285 e. The zero-order valence-electron chi connectivity index (χ0n) is 19.8. The minimum absolute atomic E-state index is 0.183. The molecule has 0 saturated carbocycles. The molecule has 0 aliphatic carbocycles. The highest BCUT2D eigenvalue weighted by molar-refractivity contribution is 5.86. The Bertz CT molecular complexity index is 1550. The van der Waals surface area contributed by atoms with Crippen LogP contribution in [0, 0.1) is 0 Å². The number of rotatable bonds is 6. The zero-order chi connectivity index (χ0) is 23.6. The van der Waals surface area contributed by atoms with Crippen LogP contribution in [0.15, 0.2) is 115 Å². The van der Waals surface area contributed by atoms with Crippen molar-refractivity contribution in [1.29, 1.82) is 0 Å². The van der Waals surface area contributed by atoms with Crippen molar-refractivity contribution >= 4 is 32.6 Å². The van der Waals surface area contributed by atoms with Gasteiger partial charge in [-0.3, -0.25) is 14.9 Å². The maximum absolute atomic E-state index is 4.98. The van der Waals surface area contributed by atoms with Crippen LogP contribution in [0.4, 0.5) is 0 Å². The quantitative estimate of drug-likeness (QED) is 0.259. The summed E-state index contributed by atoms with van der Waals surface area (Å²) >= 11 is 0. The lowest BCUT2D eigenvalue weighted by Crippen LogP contribution is -2.27. The van der Waals surface area contributed by atoms with Crippen molar-refractivity contribution in [3.8, 4) is 0 Å². The molecule has 3 nitrogen and oxygen atoms in total. The lowest BCUT2D eigenvalue weighted by Gasteiger charge is -2.30. The van der Waals surface area contributed by atoms with Gasteiger partial charge >= 0.3 is 0 Å². The van der Waals surface area contributed by atoms with E-state index in [0.717, 1.165) is 35.5 Å². The Balaban J connectivity index is 1.40. The molecule has 0 aliphatic rings. The van der Waals surface area contributed by atoms with Crippen LogP contribution < -0.4 is 0 Å². The minimum atomic E-state index is 0.183. The first-order chi connectivity index (χ1) is 17.2. The second-order valence-electron chi connectivity index (χ2n) is 9.14. The highest BCUT2D eigenvalue weighted by atomic mass is 15.2. The fraction of sp³-hybridized carbons (Fsp3) is 0.125. The fourth-order valence-corrected chi connectivity index (χ4v) is 4.95. The molecule has 0 saturated heterocycles. The van der Waals surface area contributed by atoms with E-state index in [4.69, 9.17) is 9.97 Å². The van der Waals surface area contributed by atoms with Crippen LogP contribution in [0.5, 0.6) is 0 Å². The summed E-state index contributed by atoms with van der Waals surface area (Å²) in [7, 11) is 0. The predicted octanol–water partition coefficient (Wildman–Crippen LogP) is 7.70. The number of hydrogen-bond donors (Lipinski definition) is 0. The molecule has 35 heavy (non-hydrogen) atoms. The van der Waals surface area contributed by atoms with Crippen molar-refractivity contribution in [2.45, 2.75) is 26.1 Å². The molecule has 6 rings (SSSR count). The van der Waals surface area contributed by atoms with Crippen LogP contribution in [0.2, 0.25) is 0 Å². The molecule has 0 unspecified atom stereocenters. The van der Waals surface area contributed by atoms with Crippen LogP contribution in [0.1, 0.15) is 29.9 Å². The first-order valence-corrected chi connectivity index (χ1v) is 12.2. The Kier molecular flexibility index (Phi) is 5.69. The van der Waals surface area contributed by atoms with Crippen molar-refractivity contribution in [1.82, 2.24) is 14.9 Å². The summed E-state index contributed by atoms with van der Waals surface area (Å²) in [5.41, 5.74) is 5.52. The average molecular weight is 454 g/mol. The standard InChI is InChI=1S/C32H27N3/c1-23(29-14-8-12-24-9-2-5-13-30(24)29)35(21-27-19-17-25-10-3-6-15-31(25)33-27)22-28-20-18-26-11-4-7-16-32(26)34-28/h2-20,23H,21-22H2,1H3/t23-/m0/s1. The van der Waals surface area contributed by atoms with Gasteiger partial charge in [0.2, 0.25) is 0 Å². The van der Waals surface area contributed by atoms with Crippen LogP contribution in [0.25, 0.3) is 32.6 Å². The normalized spacial score (nSPS) is 12.5. The maximum atomic E-state index is 4.98. The molecule has 0 radical (unpaired) electrons. The van der Waals surface area contributed by atoms with Gasteiger partial charge in [-0.15, -0.1) is 0 Å². The smallest absolute Gasteiger partial charge is 0.0705 e. The average Bonchev–Trinajstić information content (AvgIpc) is 2.92. The second-order valence-corrected chi connectivity index (χ2v) is 9.14. The molecule has 2 heterocycles. The van der Waals surface area contributed by atoms with E-state index in [-0.39, 0.29) is 6.04 Å². The summed E-state index contributed by atoms with van der Waals surface area (Å²) < 4.78 is 0. The van der Waals surface area contributed by atoms with Gasteiger partial charge in [0.1, 0.15) is 0 Å². The number of fused-ring (bicyclic) bond motifs is 3. The SMILES string of the molecule is C[C@@H](c1cccc2ccccc12)N(Cc1ccc2ccccc2n1)Cc1ccc2ccccc2n1. The van der Waals surface area contributed by atoms with E-state index >= 15 is 0 Å². The zero-order valence-corrected chi connectivity index (χ0v) is 19.8. The Hall–Kier alpha value is -4.08. The van der Waals surface area contributed by atoms with Gasteiger partial charge in [-0.1, -0.05) is 91.0 Å². The summed E-state index contributed by atoms with van der Waals surface area (Å²) in [5, 5.41) is 4.90. The topological polar surface area (TPSA) is 29.0 Å². The molecule has 1 atom stereocenters. The number of hydrogen-bond acceptors (Lipinski definition) is 3. The number of pyridine rings is 2. The predicted molar refractivity (Wildman–Crippen MR) is 145 cm³/mol. The van der Waals surface area contributed by atoms with Crippen LogP contribution >= 0.6 is 0 Å². The van der Waals surface area contributed by atoms with Crippen LogP contribution in [-0.4, -0.2) is 14.9 Å². The van der Waals surface area contributed by atoms with Crippen LogP contribution in [0.3, 0.4) is 0 Å². The van der Waals surface area contributed by atoms with E-state index in [0.29, 0.717) is 0 Å². The van der Waals surface area contributed by atoms with Crippen molar-refractivity contribution in [3.63, 3.8) is 0 Å². The molecule has 0 aliphatic heterocycles. The van der Waals surface area contributed by atoms with Gasteiger partial charge in [-0.2, -0.15) is 0 Å². The van der Waals surface area contributed by atoms with E-state index in [9.17, 15) is 0 Å². The van der Waals surface area contributed by atoms with Gasteiger partial charge in [-0.05, 0) is 47.5 Å². The molecular weight excluding hydrogens is 426 g/mol. The highest BCUT2D eigenvalue weighted by Gasteiger charge is 2.20. The van der Waals surface area contributed by atoms with Gasteiger partial charge in [0.15, 0.2) is 0 Å². The molecule has 0 fully saturated rings. The van der Waals surface area contributed by atoms with Gasteiger partial charge in [0.25, 0.3) is 0 Å². The van der Waals surface area contributed by atoms with Gasteiger partial charge in [0.05, 0.1) is 22.4 Å². The minimum Gasteiger partial charge on any atom is -0.285 e. The van der Waals surface area contributed by atoms with Crippen molar-refractivity contribution in [2.24, 2.45) is 0 Å². The van der Waals surface area contributed by atoms with E-state index < -0.39 is 0 Å². The van der Waals surface area contributed by atoms with Crippen molar-refractivity contribution < 1.29 is 0 Å². The maximum Gasteiger partial charge on any atom is 0.0705 e. The summed E-state index contributed by atoms with van der Waals surface area (Å²) in [4.78, 5) is 12.4. The molecule has 0 bridgehead atoms. The number of nitrogens with zero attached hydrogens (tertiary/aromatic N) is 3.